The Bertz CT molecular complexity index is 1300. The molecule has 5 rings (SSSR count). The van der Waals surface area contributed by atoms with Crippen molar-refractivity contribution in [2.45, 2.75) is 24.7 Å². The Hall–Kier alpha value is -3.17. The number of hydrogen-bond acceptors (Lipinski definition) is 5. The number of benzene rings is 2. The van der Waals surface area contributed by atoms with Crippen LogP contribution in [-0.4, -0.2) is 48.6 Å². The van der Waals surface area contributed by atoms with Crippen molar-refractivity contribution in [2.75, 3.05) is 31.6 Å². The van der Waals surface area contributed by atoms with Crippen LogP contribution in [-0.2, 0) is 0 Å². The molecule has 0 bridgehead atoms. The minimum atomic E-state index is -1.44. The van der Waals surface area contributed by atoms with E-state index in [0.29, 0.717) is 19.6 Å². The summed E-state index contributed by atoms with van der Waals surface area (Å²) in [6, 6.07) is 10.2. The molecule has 1 aromatic heterocycles. The third-order valence-corrected chi connectivity index (χ3v) is 6.36. The molecule has 3 aromatic rings. The van der Waals surface area contributed by atoms with Crippen LogP contribution < -0.4 is 20.4 Å². The summed E-state index contributed by atoms with van der Waals surface area (Å²) in [5, 5.41) is 12.8. The fraction of sp³-hybridized carbons (Fsp3) is 0.333. The summed E-state index contributed by atoms with van der Waals surface area (Å²) in [6.07, 6.45) is 0.167. The lowest BCUT2D eigenvalue weighted by Crippen LogP contribution is -2.46. The highest BCUT2D eigenvalue weighted by Gasteiger charge is 2.41. The van der Waals surface area contributed by atoms with Crippen molar-refractivity contribution in [3.63, 3.8) is 0 Å². The third-order valence-electron chi connectivity index (χ3n) is 6.36. The van der Waals surface area contributed by atoms with Gasteiger partial charge in [-0.2, -0.15) is 0 Å². The summed E-state index contributed by atoms with van der Waals surface area (Å²) in [6.45, 7) is 1.55. The molecule has 2 heterocycles. The van der Waals surface area contributed by atoms with E-state index in [-0.39, 0.29) is 47.2 Å². The quantitative estimate of drug-likeness (QED) is 0.566. The molecule has 3 atom stereocenters. The lowest BCUT2D eigenvalue weighted by molar-refractivity contribution is 0.0694. The maximum atomic E-state index is 15.5. The molecule has 2 N–H and O–H groups in total. The van der Waals surface area contributed by atoms with E-state index in [4.69, 9.17) is 4.74 Å². The van der Waals surface area contributed by atoms with E-state index in [1.807, 2.05) is 35.2 Å². The number of halogens is 3. The van der Waals surface area contributed by atoms with Crippen LogP contribution >= 0.6 is 12.4 Å². The molecule has 7 nitrogen and oxygen atoms in total. The zero-order chi connectivity index (χ0) is 23.3. The number of hydrogen-bond donors (Lipinski definition) is 2. The number of methoxy groups -OCH3 is 1. The number of pyridine rings is 1. The van der Waals surface area contributed by atoms with Gasteiger partial charge in [0.15, 0.2) is 11.6 Å². The van der Waals surface area contributed by atoms with Crippen LogP contribution in [0.2, 0.25) is 0 Å². The first-order chi connectivity index (χ1) is 15.9. The van der Waals surface area contributed by atoms with Gasteiger partial charge in [-0.05, 0) is 11.6 Å². The first kappa shape index (κ1) is 24.0. The topological polar surface area (TPSA) is 83.8 Å². The molecule has 2 aliphatic rings. The van der Waals surface area contributed by atoms with Crippen molar-refractivity contribution in [1.29, 1.82) is 0 Å². The normalized spacial score (nSPS) is 21.7. The number of anilines is 1. The summed E-state index contributed by atoms with van der Waals surface area (Å²) in [5.74, 6) is -2.03. The summed E-state index contributed by atoms with van der Waals surface area (Å²) in [4.78, 5) is 26.3. The highest BCUT2D eigenvalue weighted by Crippen LogP contribution is 2.45. The minimum absolute atomic E-state index is 0. The van der Waals surface area contributed by atoms with Gasteiger partial charge < -0.3 is 24.6 Å². The van der Waals surface area contributed by atoms with Gasteiger partial charge in [0.1, 0.15) is 17.4 Å². The molecule has 0 radical (unpaired) electrons. The van der Waals surface area contributed by atoms with E-state index in [2.05, 4.69) is 5.32 Å². The molecule has 180 valence electrons. The van der Waals surface area contributed by atoms with Crippen LogP contribution in [0.1, 0.15) is 34.4 Å². The molecule has 0 spiro atoms. The largest absolute Gasteiger partial charge is 0.492 e. The van der Waals surface area contributed by atoms with E-state index < -0.39 is 35.0 Å². The van der Waals surface area contributed by atoms with Gasteiger partial charge in [-0.1, -0.05) is 30.3 Å². The summed E-state index contributed by atoms with van der Waals surface area (Å²) < 4.78 is 36.6. The van der Waals surface area contributed by atoms with Crippen molar-refractivity contribution in [1.82, 2.24) is 9.88 Å². The predicted octanol–water partition coefficient (Wildman–Crippen LogP) is 3.70. The average molecular weight is 492 g/mol. The van der Waals surface area contributed by atoms with Gasteiger partial charge in [0, 0.05) is 38.3 Å². The van der Waals surface area contributed by atoms with Crippen molar-refractivity contribution >= 4 is 35.0 Å². The fourth-order valence-corrected chi connectivity index (χ4v) is 4.65. The summed E-state index contributed by atoms with van der Waals surface area (Å²) in [7, 11) is 1.37. The molecule has 2 aromatic carbocycles. The number of carboxylic acids is 1. The van der Waals surface area contributed by atoms with Gasteiger partial charge in [-0.15, -0.1) is 12.4 Å². The van der Waals surface area contributed by atoms with Gasteiger partial charge in [-0.3, -0.25) is 4.79 Å². The number of nitrogens with zero attached hydrogens (tertiary/aromatic N) is 2. The van der Waals surface area contributed by atoms with E-state index in [0.717, 1.165) is 17.8 Å². The highest BCUT2D eigenvalue weighted by atomic mass is 35.5. The molecule has 10 heteroatoms. The minimum Gasteiger partial charge on any atom is -0.492 e. The van der Waals surface area contributed by atoms with Crippen molar-refractivity contribution in [3.8, 4) is 5.75 Å². The smallest absolute Gasteiger partial charge is 0.341 e. The number of fused-ring (bicyclic) bond motifs is 1. The predicted molar refractivity (Wildman–Crippen MR) is 127 cm³/mol. The Morgan fingerprint density at radius 1 is 1.26 bits per heavy atom. The van der Waals surface area contributed by atoms with Crippen LogP contribution in [0.5, 0.6) is 5.75 Å². The third kappa shape index (κ3) is 3.99. The molecule has 1 saturated carbocycles. The molecule has 2 unspecified atom stereocenters. The molecule has 2 fully saturated rings. The summed E-state index contributed by atoms with van der Waals surface area (Å²) >= 11 is 0. The van der Waals surface area contributed by atoms with Gasteiger partial charge in [0.2, 0.25) is 5.43 Å². The standard InChI is InChI=1S/C24H23F2N3O4.ClH/c1-33-23-20-14(22(30)15(24(31)32)11-29(20)19-10-16(19)25)9-17(26)21(23)28-8-7-27-18(12-28)13-5-3-2-4-6-13;/h2-6,9,11,16,18-19,27H,7-8,10,12H2,1H3,(H,31,32);1H/t16-,18?,19?;/m0./s1. The Morgan fingerprint density at radius 3 is 2.59 bits per heavy atom. The van der Waals surface area contributed by atoms with Crippen LogP contribution in [0.4, 0.5) is 14.5 Å². The number of aromatic nitrogens is 1. The zero-order valence-electron chi connectivity index (χ0n) is 18.3. The number of nitrogens with one attached hydrogen (secondary N) is 1. The number of aromatic carboxylic acids is 1. The molecule has 1 saturated heterocycles. The maximum Gasteiger partial charge on any atom is 0.341 e. The Labute approximate surface area is 200 Å². The monoisotopic (exact) mass is 491 g/mol. The second-order valence-corrected chi connectivity index (χ2v) is 8.40. The number of carboxylic acid groups (broad SMARTS) is 1. The molecule has 0 amide bonds. The van der Waals surface area contributed by atoms with E-state index >= 15 is 4.39 Å². The number of ether oxygens (including phenoxy) is 1. The van der Waals surface area contributed by atoms with E-state index in [1.54, 1.807) is 0 Å². The van der Waals surface area contributed by atoms with Crippen molar-refractivity contribution < 1.29 is 23.4 Å². The SMILES string of the molecule is COc1c(N2CCNC(c3ccccc3)C2)c(F)cc2c(=O)c(C(=O)O)cn(C3C[C@@H]3F)c12.Cl. The van der Waals surface area contributed by atoms with E-state index in [1.165, 1.54) is 11.7 Å². The molecular formula is C24H24ClF2N3O4. The van der Waals surface area contributed by atoms with Crippen LogP contribution in [0.15, 0.2) is 47.4 Å². The molecule has 1 aliphatic carbocycles. The second-order valence-electron chi connectivity index (χ2n) is 8.40. The molecule has 1 aliphatic heterocycles. The van der Waals surface area contributed by atoms with Gasteiger partial charge in [0.25, 0.3) is 0 Å². The Morgan fingerprint density at radius 2 is 1.97 bits per heavy atom. The van der Waals surface area contributed by atoms with Crippen LogP contribution in [0, 0.1) is 5.82 Å². The van der Waals surface area contributed by atoms with Crippen LogP contribution in [0.3, 0.4) is 0 Å². The average Bonchev–Trinajstić information content (AvgIpc) is 3.55. The van der Waals surface area contributed by atoms with Crippen LogP contribution in [0.25, 0.3) is 10.9 Å². The van der Waals surface area contributed by atoms with Crippen molar-refractivity contribution in [2.24, 2.45) is 0 Å². The Balaban J connectivity index is 0.00000274. The lowest BCUT2D eigenvalue weighted by Gasteiger charge is -2.36. The fourth-order valence-electron chi connectivity index (χ4n) is 4.65. The highest BCUT2D eigenvalue weighted by molar-refractivity contribution is 5.97. The second kappa shape index (κ2) is 9.23. The first-order valence-corrected chi connectivity index (χ1v) is 10.8. The zero-order valence-corrected chi connectivity index (χ0v) is 19.1. The number of alkyl halides is 1. The molecule has 34 heavy (non-hydrogen) atoms. The number of rotatable bonds is 5. The van der Waals surface area contributed by atoms with E-state index in [9.17, 15) is 19.1 Å². The Kier molecular flexibility index (Phi) is 6.51. The number of carbonyl (C=O) groups is 1. The summed E-state index contributed by atoms with van der Waals surface area (Å²) in [5.41, 5.74) is 0.102. The van der Waals surface area contributed by atoms with Gasteiger partial charge >= 0.3 is 5.97 Å². The first-order valence-electron chi connectivity index (χ1n) is 10.8. The number of piperazine rings is 1. The van der Waals surface area contributed by atoms with Gasteiger partial charge in [-0.25, -0.2) is 13.6 Å². The lowest BCUT2D eigenvalue weighted by atomic mass is 10.0. The maximum absolute atomic E-state index is 15.5. The van der Waals surface area contributed by atoms with Gasteiger partial charge in [0.05, 0.1) is 24.1 Å². The molecular weight excluding hydrogens is 468 g/mol. The van der Waals surface area contributed by atoms with Crippen molar-refractivity contribution in [3.05, 3.63) is 69.8 Å².